The van der Waals surface area contributed by atoms with Gasteiger partial charge in [0.15, 0.2) is 0 Å². The van der Waals surface area contributed by atoms with Crippen LogP contribution in [0.15, 0.2) is 60.7 Å². The van der Waals surface area contributed by atoms with Crippen LogP contribution in [-0.2, 0) is 12.8 Å². The first-order valence-electron chi connectivity index (χ1n) is 10.5. The Bertz CT molecular complexity index is 1120. The molecule has 1 aliphatic rings. The minimum Gasteiger partial charge on any atom is -0.140 e. The Kier molecular flexibility index (Phi) is 4.65. The summed E-state index contributed by atoms with van der Waals surface area (Å²) in [6, 6.07) is 23.5. The van der Waals surface area contributed by atoms with Gasteiger partial charge in [0, 0.05) is 19.5 Å². The van der Waals surface area contributed by atoms with Gasteiger partial charge in [-0.25, -0.2) is 0 Å². The van der Waals surface area contributed by atoms with Gasteiger partial charge < -0.3 is 0 Å². The van der Waals surface area contributed by atoms with Crippen molar-refractivity contribution in [1.29, 1.82) is 0 Å². The van der Waals surface area contributed by atoms with E-state index in [1.165, 1.54) is 41.8 Å². The first-order valence-corrected chi connectivity index (χ1v) is 15.1. The normalized spacial score (nSPS) is 14.1. The first-order chi connectivity index (χ1) is 14.0. The van der Waals surface area contributed by atoms with Crippen molar-refractivity contribution in [3.8, 4) is 32.0 Å². The minimum atomic E-state index is -1.70. The van der Waals surface area contributed by atoms with E-state index < -0.39 is 8.07 Å². The third-order valence-electron chi connectivity index (χ3n) is 6.27. The lowest BCUT2D eigenvalue weighted by Gasteiger charge is -2.20. The Labute approximate surface area is 182 Å². The summed E-state index contributed by atoms with van der Waals surface area (Å²) in [4.78, 5) is 5.73. The molecule has 3 heteroatoms. The molecule has 5 rings (SSSR count). The van der Waals surface area contributed by atoms with E-state index in [2.05, 4.69) is 87.6 Å². The van der Waals surface area contributed by atoms with E-state index in [0.717, 1.165) is 12.8 Å². The lowest BCUT2D eigenvalue weighted by atomic mass is 10.0. The van der Waals surface area contributed by atoms with Gasteiger partial charge in [-0.15, -0.1) is 22.7 Å². The number of hydrogen-bond acceptors (Lipinski definition) is 2. The zero-order chi connectivity index (χ0) is 20.2. The number of hydrogen-bond donors (Lipinski definition) is 0. The summed E-state index contributed by atoms with van der Waals surface area (Å²) >= 11 is 3.87. The van der Waals surface area contributed by atoms with Gasteiger partial charge in [-0.1, -0.05) is 63.3 Å². The van der Waals surface area contributed by atoms with E-state index >= 15 is 0 Å². The molecule has 0 saturated heterocycles. The van der Waals surface area contributed by atoms with Crippen molar-refractivity contribution < 1.29 is 0 Å². The van der Waals surface area contributed by atoms with Gasteiger partial charge in [-0.05, 0) is 69.7 Å². The molecular weight excluding hydrogens is 405 g/mol. The molecule has 29 heavy (non-hydrogen) atoms. The number of rotatable bonds is 4. The molecule has 0 saturated carbocycles. The maximum absolute atomic E-state index is 2.52. The van der Waals surface area contributed by atoms with Crippen LogP contribution in [0.4, 0.5) is 0 Å². The molecule has 0 atom stereocenters. The molecule has 0 bridgehead atoms. The molecule has 0 fully saturated rings. The van der Waals surface area contributed by atoms with Crippen molar-refractivity contribution in [1.82, 2.24) is 0 Å². The zero-order valence-corrected chi connectivity index (χ0v) is 20.1. The van der Waals surface area contributed by atoms with E-state index in [1.807, 2.05) is 22.7 Å². The van der Waals surface area contributed by atoms with Crippen molar-refractivity contribution in [2.75, 3.05) is 0 Å². The molecule has 0 amide bonds. The second-order valence-corrected chi connectivity index (χ2v) is 15.0. The fourth-order valence-corrected chi connectivity index (χ4v) is 9.48. The van der Waals surface area contributed by atoms with Crippen molar-refractivity contribution in [2.24, 2.45) is 0 Å². The molecule has 2 aromatic heterocycles. The topological polar surface area (TPSA) is 0 Å². The third kappa shape index (κ3) is 3.07. The molecular formula is C26H26S2Si. The molecule has 0 N–H and O–H groups in total. The average Bonchev–Trinajstić information content (AvgIpc) is 3.46. The van der Waals surface area contributed by atoms with Crippen LogP contribution in [0.25, 0.3) is 32.0 Å². The van der Waals surface area contributed by atoms with Gasteiger partial charge in [-0.2, -0.15) is 0 Å². The Morgan fingerprint density at radius 1 is 0.621 bits per heavy atom. The van der Waals surface area contributed by atoms with Gasteiger partial charge in [0.25, 0.3) is 0 Å². The van der Waals surface area contributed by atoms with Crippen LogP contribution in [0.5, 0.6) is 0 Å². The molecule has 2 aromatic carbocycles. The minimum absolute atomic E-state index is 1.12. The summed E-state index contributed by atoms with van der Waals surface area (Å²) in [5, 5.41) is 3.18. The van der Waals surface area contributed by atoms with Crippen LogP contribution >= 0.6 is 22.7 Å². The quantitative estimate of drug-likeness (QED) is 0.304. The Balaban J connectivity index is 1.59. The monoisotopic (exact) mass is 430 g/mol. The number of benzene rings is 2. The molecule has 0 aliphatic carbocycles. The first kappa shape index (κ1) is 19.0. The Morgan fingerprint density at radius 2 is 1.07 bits per heavy atom. The SMILES string of the molecule is CCc1ccc(-c2ccc3c(c2)[Si](C)(C)c2cc(-c4ccc(CC)s4)ccc2-3)s1. The summed E-state index contributed by atoms with van der Waals surface area (Å²) in [7, 11) is -1.70. The number of aryl methyl sites for hydroxylation is 2. The van der Waals surface area contributed by atoms with E-state index in [4.69, 9.17) is 0 Å². The summed E-state index contributed by atoms with van der Waals surface area (Å²) in [6.07, 6.45) is 2.24. The van der Waals surface area contributed by atoms with Crippen LogP contribution in [0.2, 0.25) is 13.1 Å². The van der Waals surface area contributed by atoms with Crippen LogP contribution in [0, 0.1) is 0 Å². The predicted molar refractivity (Wildman–Crippen MR) is 134 cm³/mol. The maximum Gasteiger partial charge on any atom is 0.113 e. The van der Waals surface area contributed by atoms with Gasteiger partial charge in [0.1, 0.15) is 8.07 Å². The summed E-state index contributed by atoms with van der Waals surface area (Å²) < 4.78 is 0. The Morgan fingerprint density at radius 3 is 1.45 bits per heavy atom. The van der Waals surface area contributed by atoms with Gasteiger partial charge in [0.2, 0.25) is 0 Å². The van der Waals surface area contributed by atoms with Crippen LogP contribution in [0.3, 0.4) is 0 Å². The highest BCUT2D eigenvalue weighted by Gasteiger charge is 2.37. The van der Waals surface area contributed by atoms with Gasteiger partial charge in [-0.3, -0.25) is 0 Å². The van der Waals surface area contributed by atoms with Gasteiger partial charge in [0.05, 0.1) is 0 Å². The van der Waals surface area contributed by atoms with Crippen molar-refractivity contribution in [2.45, 2.75) is 39.8 Å². The fraction of sp³-hybridized carbons (Fsp3) is 0.231. The molecule has 0 nitrogen and oxygen atoms in total. The predicted octanol–water partition coefficient (Wildman–Crippen LogP) is 7.07. The molecule has 146 valence electrons. The second-order valence-electron chi connectivity index (χ2n) is 8.38. The Hall–Kier alpha value is -1.94. The van der Waals surface area contributed by atoms with E-state index in [0.29, 0.717) is 0 Å². The van der Waals surface area contributed by atoms with Crippen LogP contribution in [-0.4, -0.2) is 8.07 Å². The molecule has 0 radical (unpaired) electrons. The second kappa shape index (κ2) is 7.08. The lowest BCUT2D eigenvalue weighted by molar-refractivity contribution is 1.19. The average molecular weight is 431 g/mol. The summed E-state index contributed by atoms with van der Waals surface area (Å²) in [5.74, 6) is 0. The largest absolute Gasteiger partial charge is 0.140 e. The van der Waals surface area contributed by atoms with Crippen LogP contribution < -0.4 is 10.4 Å². The van der Waals surface area contributed by atoms with Crippen molar-refractivity contribution in [3.05, 3.63) is 70.4 Å². The number of thiophene rings is 2. The summed E-state index contributed by atoms with van der Waals surface area (Å²) in [5.41, 5.74) is 5.68. The lowest BCUT2D eigenvalue weighted by Crippen LogP contribution is -2.49. The highest BCUT2D eigenvalue weighted by Crippen LogP contribution is 2.36. The van der Waals surface area contributed by atoms with E-state index in [9.17, 15) is 0 Å². The maximum atomic E-state index is 2.52. The highest BCUT2D eigenvalue weighted by atomic mass is 32.1. The van der Waals surface area contributed by atoms with Crippen molar-refractivity contribution in [3.63, 3.8) is 0 Å². The summed E-state index contributed by atoms with van der Waals surface area (Å²) in [6.45, 7) is 9.51. The number of fused-ring (bicyclic) bond motifs is 3. The third-order valence-corrected chi connectivity index (χ3v) is 12.3. The molecule has 4 aromatic rings. The molecule has 0 unspecified atom stereocenters. The van der Waals surface area contributed by atoms with Crippen LogP contribution in [0.1, 0.15) is 23.6 Å². The van der Waals surface area contributed by atoms with Gasteiger partial charge >= 0.3 is 0 Å². The zero-order valence-electron chi connectivity index (χ0n) is 17.5. The van der Waals surface area contributed by atoms with Crippen molar-refractivity contribution >= 4 is 41.1 Å². The van der Waals surface area contributed by atoms with E-state index in [-0.39, 0.29) is 0 Å². The smallest absolute Gasteiger partial charge is 0.113 e. The standard InChI is InChI=1S/C26H26S2Si/c1-5-19-9-13-23(27-19)17-7-11-21-22-12-8-18(24-14-10-20(6-2)28-24)16-26(22)29(3,4)25(21)15-17/h7-16H,5-6H2,1-4H3. The van der Waals surface area contributed by atoms with E-state index in [1.54, 1.807) is 10.4 Å². The molecule has 1 aliphatic heterocycles. The fourth-order valence-electron chi connectivity index (χ4n) is 4.49. The molecule has 0 spiro atoms. The highest BCUT2D eigenvalue weighted by molar-refractivity contribution is 7.16. The molecule has 3 heterocycles.